The number of aromatic nitrogens is 2. The molecule has 90 valence electrons. The van der Waals surface area contributed by atoms with Crippen molar-refractivity contribution in [3.63, 3.8) is 0 Å². The zero-order valence-electron chi connectivity index (χ0n) is 10.4. The average Bonchev–Trinajstić information content (AvgIpc) is 2.75. The Hall–Kier alpha value is -1.61. The lowest BCUT2D eigenvalue weighted by atomic mass is 10.1. The first kappa shape index (κ1) is 11.9. The van der Waals surface area contributed by atoms with Crippen LogP contribution >= 0.6 is 0 Å². The van der Waals surface area contributed by atoms with E-state index in [1.807, 2.05) is 12.3 Å². The van der Waals surface area contributed by atoms with Crippen LogP contribution in [0.5, 0.6) is 0 Å². The molecule has 2 aromatic rings. The topological polar surface area (TPSA) is 40.7 Å². The van der Waals surface area contributed by atoms with Gasteiger partial charge in [-0.2, -0.15) is 0 Å². The van der Waals surface area contributed by atoms with Gasteiger partial charge >= 0.3 is 0 Å². The number of hydrogen-bond acceptors (Lipinski definition) is 2. The van der Waals surface area contributed by atoms with Crippen molar-refractivity contribution < 1.29 is 0 Å². The molecular weight excluding hydrogens is 210 g/mol. The highest BCUT2D eigenvalue weighted by molar-refractivity contribution is 5.19. The van der Waals surface area contributed by atoms with E-state index in [1.165, 1.54) is 5.56 Å². The monoisotopic (exact) mass is 229 g/mol. The second-order valence-electron chi connectivity index (χ2n) is 4.55. The van der Waals surface area contributed by atoms with E-state index in [-0.39, 0.29) is 0 Å². The molecule has 1 heterocycles. The van der Waals surface area contributed by atoms with Crippen LogP contribution in [-0.2, 0) is 13.0 Å². The van der Waals surface area contributed by atoms with Crippen molar-refractivity contribution in [3.8, 4) is 0 Å². The van der Waals surface area contributed by atoms with Crippen LogP contribution in [0, 0.1) is 0 Å². The standard InChI is InChI=1S/C14H19N3/c1-11(2)15-9-13-10-16-14(17-13)8-12-6-4-3-5-7-12/h3-7,10-11,15H,8-9H2,1-2H3,(H,16,17). The molecule has 0 spiro atoms. The molecule has 1 aromatic carbocycles. The molecule has 0 unspecified atom stereocenters. The summed E-state index contributed by atoms with van der Waals surface area (Å²) in [5.41, 5.74) is 2.43. The molecule has 0 fully saturated rings. The van der Waals surface area contributed by atoms with Crippen LogP contribution in [0.15, 0.2) is 36.5 Å². The van der Waals surface area contributed by atoms with Gasteiger partial charge in [0, 0.05) is 30.9 Å². The first-order valence-electron chi connectivity index (χ1n) is 6.04. The van der Waals surface area contributed by atoms with E-state index in [0.29, 0.717) is 6.04 Å². The maximum absolute atomic E-state index is 4.39. The summed E-state index contributed by atoms with van der Waals surface area (Å²) in [6.07, 6.45) is 2.77. The lowest BCUT2D eigenvalue weighted by Crippen LogP contribution is -2.21. The quantitative estimate of drug-likeness (QED) is 0.827. The smallest absolute Gasteiger partial charge is 0.110 e. The maximum Gasteiger partial charge on any atom is 0.110 e. The van der Waals surface area contributed by atoms with E-state index in [4.69, 9.17) is 0 Å². The second-order valence-corrected chi connectivity index (χ2v) is 4.55. The Morgan fingerprint density at radius 1 is 1.24 bits per heavy atom. The SMILES string of the molecule is CC(C)NCc1cnc(Cc2ccccc2)[nH]1. The molecule has 0 aliphatic rings. The fourth-order valence-electron chi connectivity index (χ4n) is 1.69. The van der Waals surface area contributed by atoms with E-state index >= 15 is 0 Å². The van der Waals surface area contributed by atoms with Gasteiger partial charge in [-0.15, -0.1) is 0 Å². The number of imidazole rings is 1. The van der Waals surface area contributed by atoms with Gasteiger partial charge in [0.15, 0.2) is 0 Å². The fourth-order valence-corrected chi connectivity index (χ4v) is 1.69. The minimum absolute atomic E-state index is 0.496. The normalized spacial score (nSPS) is 11.0. The summed E-state index contributed by atoms with van der Waals surface area (Å²) in [6.45, 7) is 5.13. The third kappa shape index (κ3) is 3.71. The van der Waals surface area contributed by atoms with Gasteiger partial charge in [0.05, 0.1) is 0 Å². The van der Waals surface area contributed by atoms with Crippen LogP contribution in [0.1, 0.15) is 30.9 Å². The first-order chi connectivity index (χ1) is 8.24. The Morgan fingerprint density at radius 2 is 2.00 bits per heavy atom. The lowest BCUT2D eigenvalue weighted by Gasteiger charge is -2.05. The van der Waals surface area contributed by atoms with Crippen molar-refractivity contribution in [3.05, 3.63) is 53.6 Å². The van der Waals surface area contributed by atoms with Crippen LogP contribution in [0.25, 0.3) is 0 Å². The van der Waals surface area contributed by atoms with Crippen LogP contribution in [0.4, 0.5) is 0 Å². The van der Waals surface area contributed by atoms with E-state index in [1.54, 1.807) is 0 Å². The minimum Gasteiger partial charge on any atom is -0.345 e. The highest BCUT2D eigenvalue weighted by Crippen LogP contribution is 2.06. The van der Waals surface area contributed by atoms with Crippen molar-refractivity contribution in [2.45, 2.75) is 32.9 Å². The van der Waals surface area contributed by atoms with Crippen LogP contribution in [-0.4, -0.2) is 16.0 Å². The molecule has 3 nitrogen and oxygen atoms in total. The Labute approximate surface area is 102 Å². The van der Waals surface area contributed by atoms with E-state index in [2.05, 4.69) is 53.4 Å². The fraction of sp³-hybridized carbons (Fsp3) is 0.357. The summed E-state index contributed by atoms with van der Waals surface area (Å²) >= 11 is 0. The third-order valence-electron chi connectivity index (χ3n) is 2.60. The van der Waals surface area contributed by atoms with Gasteiger partial charge in [0.1, 0.15) is 5.82 Å². The Morgan fingerprint density at radius 3 is 2.71 bits per heavy atom. The highest BCUT2D eigenvalue weighted by atomic mass is 15.0. The summed E-state index contributed by atoms with van der Waals surface area (Å²) in [4.78, 5) is 7.74. The van der Waals surface area contributed by atoms with Crippen molar-refractivity contribution in [2.24, 2.45) is 0 Å². The van der Waals surface area contributed by atoms with Crippen LogP contribution in [0.3, 0.4) is 0 Å². The lowest BCUT2D eigenvalue weighted by molar-refractivity contribution is 0.582. The molecule has 0 saturated carbocycles. The molecular formula is C14H19N3. The maximum atomic E-state index is 4.39. The molecule has 2 rings (SSSR count). The Balaban J connectivity index is 1.94. The van der Waals surface area contributed by atoms with Crippen molar-refractivity contribution in [2.75, 3.05) is 0 Å². The van der Waals surface area contributed by atoms with Gasteiger partial charge in [-0.1, -0.05) is 44.2 Å². The molecule has 3 heteroatoms. The number of aromatic amines is 1. The summed E-state index contributed by atoms with van der Waals surface area (Å²) in [5, 5.41) is 3.37. The van der Waals surface area contributed by atoms with Crippen molar-refractivity contribution in [1.29, 1.82) is 0 Å². The average molecular weight is 229 g/mol. The van der Waals surface area contributed by atoms with Gasteiger partial charge in [0.2, 0.25) is 0 Å². The third-order valence-corrected chi connectivity index (χ3v) is 2.60. The molecule has 0 aliphatic carbocycles. The molecule has 0 atom stereocenters. The van der Waals surface area contributed by atoms with Gasteiger partial charge in [-0.05, 0) is 5.56 Å². The summed E-state index contributed by atoms with van der Waals surface area (Å²) in [6, 6.07) is 10.9. The molecule has 0 bridgehead atoms. The molecule has 2 N–H and O–H groups in total. The number of hydrogen-bond donors (Lipinski definition) is 2. The van der Waals surface area contributed by atoms with Crippen molar-refractivity contribution >= 4 is 0 Å². The molecule has 0 amide bonds. The van der Waals surface area contributed by atoms with Gasteiger partial charge in [0.25, 0.3) is 0 Å². The number of rotatable bonds is 5. The number of nitrogens with one attached hydrogen (secondary N) is 2. The largest absolute Gasteiger partial charge is 0.345 e. The first-order valence-corrected chi connectivity index (χ1v) is 6.04. The zero-order chi connectivity index (χ0) is 12.1. The van der Waals surface area contributed by atoms with E-state index in [0.717, 1.165) is 24.5 Å². The second kappa shape index (κ2) is 5.64. The Bertz CT molecular complexity index is 446. The summed E-state index contributed by atoms with van der Waals surface area (Å²) in [7, 11) is 0. The molecule has 0 radical (unpaired) electrons. The van der Waals surface area contributed by atoms with E-state index < -0.39 is 0 Å². The highest BCUT2D eigenvalue weighted by Gasteiger charge is 2.02. The van der Waals surface area contributed by atoms with Crippen LogP contribution in [0.2, 0.25) is 0 Å². The van der Waals surface area contributed by atoms with Gasteiger partial charge in [-0.3, -0.25) is 0 Å². The van der Waals surface area contributed by atoms with Gasteiger partial charge in [-0.25, -0.2) is 4.98 Å². The zero-order valence-corrected chi connectivity index (χ0v) is 10.4. The summed E-state index contributed by atoms with van der Waals surface area (Å²) in [5.74, 6) is 1.02. The Kier molecular flexibility index (Phi) is 3.94. The molecule has 0 saturated heterocycles. The van der Waals surface area contributed by atoms with Crippen LogP contribution < -0.4 is 5.32 Å². The van der Waals surface area contributed by atoms with Gasteiger partial charge < -0.3 is 10.3 Å². The predicted octanol–water partition coefficient (Wildman–Crippen LogP) is 2.50. The molecule has 17 heavy (non-hydrogen) atoms. The van der Waals surface area contributed by atoms with E-state index in [9.17, 15) is 0 Å². The number of H-pyrrole nitrogens is 1. The van der Waals surface area contributed by atoms with Crippen molar-refractivity contribution in [1.82, 2.24) is 15.3 Å². The molecule has 0 aliphatic heterocycles. The minimum atomic E-state index is 0.496. The number of benzene rings is 1. The summed E-state index contributed by atoms with van der Waals surface area (Å²) < 4.78 is 0. The number of nitrogens with zero attached hydrogens (tertiary/aromatic N) is 1. The molecule has 1 aromatic heterocycles. The predicted molar refractivity (Wildman–Crippen MR) is 69.8 cm³/mol.